The molecule has 2 N–H and O–H groups in total. The Labute approximate surface area is 157 Å². The molecule has 0 amide bonds. The van der Waals surface area contributed by atoms with Gasteiger partial charge in [-0.2, -0.15) is 0 Å². The van der Waals surface area contributed by atoms with Gasteiger partial charge in [0.25, 0.3) is 0 Å². The number of rotatable bonds is 11. The van der Waals surface area contributed by atoms with Crippen molar-refractivity contribution in [1.82, 2.24) is 0 Å². The smallest absolute Gasteiger partial charge is 0.330 e. The number of ketones is 1. The van der Waals surface area contributed by atoms with Crippen LogP contribution in [0.25, 0.3) is 0 Å². The fraction of sp³-hybridized carbons (Fsp3) is 0.714. The van der Waals surface area contributed by atoms with Crippen LogP contribution in [-0.4, -0.2) is 40.8 Å². The molecule has 5 heteroatoms. The summed E-state index contributed by atoms with van der Waals surface area (Å²) in [6, 6.07) is 0. The highest BCUT2D eigenvalue weighted by molar-refractivity contribution is 5.83. The lowest BCUT2D eigenvalue weighted by Gasteiger charge is -2.20. The van der Waals surface area contributed by atoms with E-state index < -0.39 is 18.2 Å². The molecule has 1 aliphatic carbocycles. The highest BCUT2D eigenvalue weighted by Crippen LogP contribution is 2.37. The van der Waals surface area contributed by atoms with E-state index >= 15 is 0 Å². The lowest BCUT2D eigenvalue weighted by atomic mass is 9.87. The summed E-state index contributed by atoms with van der Waals surface area (Å²) in [5.74, 6) is -0.505. The van der Waals surface area contributed by atoms with Crippen LogP contribution in [0.4, 0.5) is 0 Å². The number of ether oxygens (including phenoxy) is 1. The number of esters is 1. The maximum atomic E-state index is 12.0. The van der Waals surface area contributed by atoms with Crippen molar-refractivity contribution in [3.8, 4) is 0 Å². The first-order chi connectivity index (χ1) is 12.4. The average molecular weight is 366 g/mol. The average Bonchev–Trinajstić information content (AvgIpc) is 2.84. The summed E-state index contributed by atoms with van der Waals surface area (Å²) >= 11 is 0. The third kappa shape index (κ3) is 7.83. The molecule has 1 rings (SSSR count). The lowest BCUT2D eigenvalue weighted by molar-refractivity contribution is -0.137. The van der Waals surface area contributed by atoms with Crippen LogP contribution < -0.4 is 0 Å². The maximum Gasteiger partial charge on any atom is 0.330 e. The summed E-state index contributed by atoms with van der Waals surface area (Å²) in [4.78, 5) is 23.5. The normalized spacial score (nSPS) is 26.4. The van der Waals surface area contributed by atoms with Crippen molar-refractivity contribution < 1.29 is 24.5 Å². The van der Waals surface area contributed by atoms with Gasteiger partial charge in [-0.3, -0.25) is 4.79 Å². The molecule has 0 spiro atoms. The quantitative estimate of drug-likeness (QED) is 0.254. The Morgan fingerprint density at radius 1 is 1.12 bits per heavy atom. The second kappa shape index (κ2) is 12.0. The molecule has 0 saturated heterocycles. The van der Waals surface area contributed by atoms with Gasteiger partial charge in [-0.15, -0.1) is 0 Å². The van der Waals surface area contributed by atoms with Crippen LogP contribution in [0.5, 0.6) is 0 Å². The highest BCUT2D eigenvalue weighted by Gasteiger charge is 2.39. The Hall–Kier alpha value is -1.46. The number of unbranched alkanes of at least 4 members (excludes halogenated alkanes) is 2. The lowest BCUT2D eigenvalue weighted by Crippen LogP contribution is -2.21. The molecule has 5 nitrogen and oxygen atoms in total. The van der Waals surface area contributed by atoms with Gasteiger partial charge in [-0.05, 0) is 38.2 Å². The van der Waals surface area contributed by atoms with E-state index in [-0.39, 0.29) is 17.6 Å². The summed E-state index contributed by atoms with van der Waals surface area (Å²) in [5, 5.41) is 20.5. The molecular formula is C21H34O5. The van der Waals surface area contributed by atoms with Crippen molar-refractivity contribution >= 4 is 11.8 Å². The largest absolute Gasteiger partial charge is 0.463 e. The van der Waals surface area contributed by atoms with Crippen LogP contribution in [-0.2, 0) is 14.3 Å². The van der Waals surface area contributed by atoms with Gasteiger partial charge in [0.2, 0.25) is 0 Å². The predicted octanol–water partition coefficient (Wildman–Crippen LogP) is 3.34. The molecular weight excluding hydrogens is 332 g/mol. The zero-order valence-electron chi connectivity index (χ0n) is 16.3. The number of carbonyl (C=O) groups is 2. The Balaban J connectivity index is 2.62. The molecule has 0 aromatic carbocycles. The molecule has 0 bridgehead atoms. The van der Waals surface area contributed by atoms with E-state index in [1.54, 1.807) is 19.9 Å². The van der Waals surface area contributed by atoms with Crippen molar-refractivity contribution in [3.05, 3.63) is 23.8 Å². The molecule has 0 aliphatic heterocycles. The third-order valence-electron chi connectivity index (χ3n) is 4.95. The van der Waals surface area contributed by atoms with Gasteiger partial charge in [0, 0.05) is 31.3 Å². The molecule has 1 aliphatic rings. The Morgan fingerprint density at radius 3 is 2.50 bits per heavy atom. The minimum Gasteiger partial charge on any atom is -0.463 e. The number of hydrogen-bond donors (Lipinski definition) is 2. The van der Waals surface area contributed by atoms with Crippen molar-refractivity contribution in [2.24, 2.45) is 11.8 Å². The number of aliphatic hydroxyl groups is 2. The van der Waals surface area contributed by atoms with E-state index in [1.807, 2.05) is 6.08 Å². The predicted molar refractivity (Wildman–Crippen MR) is 102 cm³/mol. The molecule has 0 aromatic rings. The SMILES string of the molecule is CCCCCC(=O)CC[C@@H]1[C@H](/C=C/C(C)=C/C(=O)OCC)[C@@H](O)C[C@H]1O. The van der Waals surface area contributed by atoms with E-state index in [4.69, 9.17) is 4.74 Å². The monoisotopic (exact) mass is 366 g/mol. The van der Waals surface area contributed by atoms with Gasteiger partial charge in [0.15, 0.2) is 0 Å². The van der Waals surface area contributed by atoms with Gasteiger partial charge >= 0.3 is 5.97 Å². The molecule has 148 valence electrons. The van der Waals surface area contributed by atoms with Crippen molar-refractivity contribution in [3.63, 3.8) is 0 Å². The van der Waals surface area contributed by atoms with E-state index in [9.17, 15) is 19.8 Å². The fourth-order valence-electron chi connectivity index (χ4n) is 3.48. The van der Waals surface area contributed by atoms with E-state index in [1.165, 1.54) is 6.08 Å². The number of carbonyl (C=O) groups excluding carboxylic acids is 2. The molecule has 26 heavy (non-hydrogen) atoms. The van der Waals surface area contributed by atoms with Crippen LogP contribution in [0.3, 0.4) is 0 Å². The van der Waals surface area contributed by atoms with E-state index in [2.05, 4.69) is 6.92 Å². The summed E-state index contributed by atoms with van der Waals surface area (Å²) in [6.07, 6.45) is 8.83. The fourth-order valence-corrected chi connectivity index (χ4v) is 3.48. The van der Waals surface area contributed by atoms with Crippen molar-refractivity contribution in [1.29, 1.82) is 0 Å². The standard InChI is InChI=1S/C21H34O5/c1-4-6-7-8-16(22)10-12-18-17(19(23)14-20(18)24)11-9-15(3)13-21(25)26-5-2/h9,11,13,17-20,23-24H,4-8,10,12,14H2,1-3H3/b11-9+,15-13+/t17-,18+,19-,20+/m0/s1. The minimum atomic E-state index is -0.628. The van der Waals surface area contributed by atoms with E-state index in [0.717, 1.165) is 24.8 Å². The maximum absolute atomic E-state index is 12.0. The van der Waals surface area contributed by atoms with Gasteiger partial charge < -0.3 is 14.9 Å². The Bertz CT molecular complexity index is 509. The van der Waals surface area contributed by atoms with Crippen LogP contribution >= 0.6 is 0 Å². The highest BCUT2D eigenvalue weighted by atomic mass is 16.5. The molecule has 0 radical (unpaired) electrons. The van der Waals surface area contributed by atoms with Crippen molar-refractivity contribution in [2.75, 3.05) is 6.61 Å². The number of aliphatic hydroxyl groups excluding tert-OH is 2. The summed E-state index contributed by atoms with van der Waals surface area (Å²) in [6.45, 7) is 5.98. The minimum absolute atomic E-state index is 0.133. The number of allylic oxidation sites excluding steroid dienone is 2. The molecule has 0 heterocycles. The van der Waals surface area contributed by atoms with Gasteiger partial charge in [0.05, 0.1) is 18.8 Å². The van der Waals surface area contributed by atoms with Crippen LogP contribution in [0.15, 0.2) is 23.8 Å². The molecule has 4 atom stereocenters. The second-order valence-electron chi connectivity index (χ2n) is 7.15. The summed E-state index contributed by atoms with van der Waals surface area (Å²) in [5.41, 5.74) is 0.728. The summed E-state index contributed by atoms with van der Waals surface area (Å²) in [7, 11) is 0. The topological polar surface area (TPSA) is 83.8 Å². The van der Waals surface area contributed by atoms with Gasteiger partial charge in [-0.1, -0.05) is 31.9 Å². The van der Waals surface area contributed by atoms with Gasteiger partial charge in [0.1, 0.15) is 5.78 Å². The first-order valence-electron chi connectivity index (χ1n) is 9.80. The number of hydrogen-bond acceptors (Lipinski definition) is 5. The summed E-state index contributed by atoms with van der Waals surface area (Å²) < 4.78 is 4.87. The molecule has 1 fully saturated rings. The molecule has 0 unspecified atom stereocenters. The van der Waals surface area contributed by atoms with Crippen LogP contribution in [0.1, 0.15) is 65.7 Å². The first-order valence-corrected chi connectivity index (χ1v) is 9.80. The Morgan fingerprint density at radius 2 is 1.85 bits per heavy atom. The molecule has 1 saturated carbocycles. The zero-order valence-corrected chi connectivity index (χ0v) is 16.3. The van der Waals surface area contributed by atoms with Gasteiger partial charge in [-0.25, -0.2) is 4.79 Å². The van der Waals surface area contributed by atoms with E-state index in [0.29, 0.717) is 32.3 Å². The first kappa shape index (κ1) is 22.6. The zero-order chi connectivity index (χ0) is 19.5. The van der Waals surface area contributed by atoms with Crippen LogP contribution in [0, 0.1) is 11.8 Å². The molecule has 0 aromatic heterocycles. The third-order valence-corrected chi connectivity index (χ3v) is 4.95. The number of Topliss-reactive ketones (excluding diaryl/α,β-unsaturated/α-hetero) is 1. The second-order valence-corrected chi connectivity index (χ2v) is 7.15. The van der Waals surface area contributed by atoms with Crippen LogP contribution in [0.2, 0.25) is 0 Å². The Kier molecular flexibility index (Phi) is 10.4. The van der Waals surface area contributed by atoms with Crippen molar-refractivity contribution in [2.45, 2.75) is 77.9 Å².